The van der Waals surface area contributed by atoms with Crippen molar-refractivity contribution in [2.75, 3.05) is 0 Å². The number of aliphatic carboxylic acids is 5. The number of nitrogens with two attached hydrogens (primary N) is 1. The first-order valence-corrected chi connectivity index (χ1v) is 21.5. The van der Waals surface area contributed by atoms with Crippen molar-refractivity contribution < 1.29 is 69.1 Å². The maximum absolute atomic E-state index is 14.3. The van der Waals surface area contributed by atoms with E-state index in [0.29, 0.717) is 5.70 Å². The lowest BCUT2D eigenvalue weighted by molar-refractivity contribution is -0.139. The molecule has 5 saturated heterocycles. The molecule has 340 valence electrons. The molecule has 1 aliphatic carbocycles. The van der Waals surface area contributed by atoms with Crippen LogP contribution in [-0.2, 0) is 38.4 Å². The summed E-state index contributed by atoms with van der Waals surface area (Å²) in [6.07, 6.45) is 0.0218. The van der Waals surface area contributed by atoms with E-state index in [1.165, 1.54) is 0 Å². The minimum absolute atomic E-state index is 0.0327. The number of fused-ring (bicyclic) bond motifs is 7. The Labute approximate surface area is 357 Å². The molecular weight excluding hydrogens is 812 g/mol. The third kappa shape index (κ3) is 7.82. The first kappa shape index (κ1) is 45.0. The van der Waals surface area contributed by atoms with Gasteiger partial charge in [0.05, 0.1) is 24.5 Å². The molecule has 3 unspecified atom stereocenters. The van der Waals surface area contributed by atoms with E-state index in [9.17, 15) is 69.1 Å². The summed E-state index contributed by atoms with van der Waals surface area (Å²) in [6.45, 7) is 3.70. The minimum Gasteiger partial charge on any atom is -0.481 e. The monoisotopic (exact) mass is 870 g/mol. The number of carboxylic acids is 5. The van der Waals surface area contributed by atoms with Gasteiger partial charge in [0, 0.05) is 103 Å². The fourth-order valence-electron chi connectivity index (χ4n) is 13.4. The molecule has 8 bridgehead atoms. The molecular formula is C42H58N6O14. The molecule has 0 aromatic rings. The average Bonchev–Trinajstić information content (AvgIpc) is 3.82. The van der Waals surface area contributed by atoms with Crippen molar-refractivity contribution in [3.63, 3.8) is 0 Å². The molecule has 7 aliphatic rings. The van der Waals surface area contributed by atoms with E-state index in [2.05, 4.69) is 21.3 Å². The van der Waals surface area contributed by atoms with Crippen molar-refractivity contribution in [2.24, 2.45) is 52.1 Å². The summed E-state index contributed by atoms with van der Waals surface area (Å²) in [5.41, 5.74) is 3.15. The highest BCUT2D eigenvalue weighted by atomic mass is 16.5. The first-order valence-electron chi connectivity index (χ1n) is 21.5. The highest BCUT2D eigenvalue weighted by molar-refractivity contribution is 5.98. The number of hydroxylamine groups is 2. The van der Waals surface area contributed by atoms with Crippen LogP contribution >= 0.6 is 0 Å². The Hall–Kier alpha value is -5.08. The predicted octanol–water partition coefficient (Wildman–Crippen LogP) is 0.984. The standard InChI is InChI=1S/C42H58N6O14/c1-40(16-30(43)50)22(5-9-33(54)55)26-15-42-41(2,17-31(51)47-42)23(6-10-34(56)57)25(46-42)13-27-21(12-36(60)61)19(4-8-32(52)53)39(48(27)62)37-28(49)7-3-18-20(11-35(58)59)24(45-38(18)37)14-29(40)44-26/h13,18-26,29,39,44-46,62H,3-12,14-17H2,1-2H3,(H2,43,50)(H,47,51)(H,52,53)(H,54,55)(H,56,57)(H,58,59)(H,60,61)/b27-13-/t18-,19-,20-,21-,22+,23+,24+,25?,26-,29?,39?,40-,41-,42-/m0/s1. The third-order valence-electron chi connectivity index (χ3n) is 16.0. The van der Waals surface area contributed by atoms with Crippen LogP contribution in [-0.4, -0.2) is 119 Å². The van der Waals surface area contributed by atoms with Gasteiger partial charge in [-0.05, 0) is 67.3 Å². The van der Waals surface area contributed by atoms with Crippen LogP contribution in [0.5, 0.6) is 0 Å². The second-order valence-electron chi connectivity index (χ2n) is 19.3. The van der Waals surface area contributed by atoms with Crippen LogP contribution in [0.4, 0.5) is 0 Å². The van der Waals surface area contributed by atoms with Crippen molar-refractivity contribution in [1.29, 1.82) is 0 Å². The van der Waals surface area contributed by atoms with Crippen LogP contribution in [0.3, 0.4) is 0 Å². The molecule has 0 radical (unpaired) electrons. The number of carbonyl (C=O) groups excluding carboxylic acids is 3. The normalized spacial score (nSPS) is 40.3. The molecule has 14 atom stereocenters. The Bertz CT molecular complexity index is 2010. The summed E-state index contributed by atoms with van der Waals surface area (Å²) >= 11 is 0. The molecule has 20 heteroatoms. The zero-order valence-corrected chi connectivity index (χ0v) is 34.8. The van der Waals surface area contributed by atoms with Crippen LogP contribution in [0, 0.1) is 46.3 Å². The summed E-state index contributed by atoms with van der Waals surface area (Å²) in [6, 6.07) is -3.94. The highest BCUT2D eigenvalue weighted by Gasteiger charge is 2.68. The molecule has 12 N–H and O–H groups in total. The smallest absolute Gasteiger partial charge is 0.304 e. The van der Waals surface area contributed by atoms with E-state index in [4.69, 9.17) is 5.73 Å². The number of amides is 2. The van der Waals surface area contributed by atoms with Crippen LogP contribution in [0.2, 0.25) is 0 Å². The van der Waals surface area contributed by atoms with E-state index in [-0.39, 0.29) is 100 Å². The van der Waals surface area contributed by atoms with Gasteiger partial charge in [0.2, 0.25) is 11.8 Å². The maximum atomic E-state index is 14.3. The minimum atomic E-state index is -1.31. The van der Waals surface area contributed by atoms with Crippen LogP contribution in [0.15, 0.2) is 23.0 Å². The van der Waals surface area contributed by atoms with Crippen molar-refractivity contribution in [3.05, 3.63) is 23.0 Å². The second kappa shape index (κ2) is 16.6. The number of Topliss-reactive ketones (excluding diaryl/α,β-unsaturated/α-hetero) is 1. The first-order chi connectivity index (χ1) is 29.1. The van der Waals surface area contributed by atoms with E-state index in [0.717, 1.165) is 5.06 Å². The molecule has 62 heavy (non-hydrogen) atoms. The number of carbonyl (C=O) groups is 8. The van der Waals surface area contributed by atoms with Crippen LogP contribution in [0.25, 0.3) is 0 Å². The Morgan fingerprint density at radius 1 is 0.839 bits per heavy atom. The summed E-state index contributed by atoms with van der Waals surface area (Å²) < 4.78 is 0. The molecule has 0 aromatic carbocycles. The SMILES string of the molecule is C[C@@]12CC(=O)N[C@@]13C[C@@H]1NC(C[C@H]4NC5=C(C(=O)CC[C@H]5[C@@H]4CC(=O)O)C4[C@@H](CCC(=O)O)[C@H](CC(=O)O)/C(=C/C(N3)[C@H]2CCC(=O)O)N4O)[C@@](C)(CC(N)=O)[C@@H]1CCC(=O)O. The van der Waals surface area contributed by atoms with Crippen LogP contribution < -0.4 is 27.0 Å². The fourth-order valence-corrected chi connectivity index (χ4v) is 13.4. The lowest BCUT2D eigenvalue weighted by atomic mass is 9.63. The van der Waals surface area contributed by atoms with Gasteiger partial charge in [-0.3, -0.25) is 53.9 Å². The lowest BCUT2D eigenvalue weighted by Crippen LogP contribution is -2.61. The van der Waals surface area contributed by atoms with E-state index in [1.54, 1.807) is 6.08 Å². The Balaban J connectivity index is 1.49. The van der Waals surface area contributed by atoms with Gasteiger partial charge >= 0.3 is 29.8 Å². The topological polar surface area (TPSA) is 335 Å². The molecule has 20 nitrogen and oxygen atoms in total. The number of hydrogen-bond acceptors (Lipinski definition) is 13. The maximum Gasteiger partial charge on any atom is 0.304 e. The van der Waals surface area contributed by atoms with Gasteiger partial charge in [-0.15, -0.1) is 0 Å². The molecule has 6 heterocycles. The van der Waals surface area contributed by atoms with Crippen LogP contribution in [0.1, 0.15) is 104 Å². The summed E-state index contributed by atoms with van der Waals surface area (Å²) in [7, 11) is 0. The van der Waals surface area contributed by atoms with Gasteiger partial charge in [-0.2, -0.15) is 0 Å². The molecule has 7 rings (SSSR count). The van der Waals surface area contributed by atoms with Gasteiger partial charge in [0.1, 0.15) is 0 Å². The molecule has 1 spiro atoms. The Morgan fingerprint density at radius 2 is 1.47 bits per heavy atom. The largest absolute Gasteiger partial charge is 0.481 e. The summed E-state index contributed by atoms with van der Waals surface area (Å²) in [5.74, 6) is -11.4. The van der Waals surface area contributed by atoms with Gasteiger partial charge in [0.15, 0.2) is 5.78 Å². The van der Waals surface area contributed by atoms with Crippen molar-refractivity contribution in [2.45, 2.75) is 140 Å². The number of nitrogens with zero attached hydrogens (tertiary/aromatic N) is 1. The van der Waals surface area contributed by atoms with Gasteiger partial charge in [-0.25, -0.2) is 0 Å². The number of rotatable bonds is 15. The highest BCUT2D eigenvalue weighted by Crippen LogP contribution is 2.59. The van der Waals surface area contributed by atoms with E-state index >= 15 is 0 Å². The summed E-state index contributed by atoms with van der Waals surface area (Å²) in [5, 5.41) is 77.6. The fraction of sp³-hybridized carbons (Fsp3) is 0.714. The molecule has 0 saturated carbocycles. The van der Waals surface area contributed by atoms with Gasteiger partial charge in [0.25, 0.3) is 0 Å². The third-order valence-corrected chi connectivity index (χ3v) is 16.0. The van der Waals surface area contributed by atoms with Gasteiger partial charge in [-0.1, -0.05) is 13.8 Å². The quantitative estimate of drug-likeness (QED) is 0.109. The van der Waals surface area contributed by atoms with Crippen molar-refractivity contribution in [1.82, 2.24) is 26.3 Å². The zero-order chi connectivity index (χ0) is 45.2. The average molecular weight is 871 g/mol. The zero-order valence-electron chi connectivity index (χ0n) is 34.8. The molecule has 6 aliphatic heterocycles. The number of allylic oxidation sites excluding steroid dienone is 2. The number of carboxylic acid groups (broad SMARTS) is 5. The summed E-state index contributed by atoms with van der Waals surface area (Å²) in [4.78, 5) is 103. The second-order valence-corrected chi connectivity index (χ2v) is 19.3. The van der Waals surface area contributed by atoms with Crippen molar-refractivity contribution in [3.8, 4) is 0 Å². The lowest BCUT2D eigenvalue weighted by Gasteiger charge is -2.43. The van der Waals surface area contributed by atoms with E-state index < -0.39 is 131 Å². The number of nitrogens with one attached hydrogen (secondary N) is 4. The number of primary amides is 1. The van der Waals surface area contributed by atoms with Gasteiger partial charge < -0.3 is 47.2 Å². The predicted molar refractivity (Wildman–Crippen MR) is 212 cm³/mol. The van der Waals surface area contributed by atoms with E-state index in [1.807, 2.05) is 13.8 Å². The molecule has 5 fully saturated rings. The number of ketones is 1. The number of hydrogen-bond donors (Lipinski definition) is 11. The Kier molecular flexibility index (Phi) is 12.0. The molecule has 0 aromatic heterocycles. The molecule has 2 amide bonds. The van der Waals surface area contributed by atoms with Crippen molar-refractivity contribution >= 4 is 47.4 Å². The Morgan fingerprint density at radius 3 is 2.08 bits per heavy atom.